The highest BCUT2D eigenvalue weighted by Crippen LogP contribution is 2.35. The second-order valence-corrected chi connectivity index (χ2v) is 6.72. The fraction of sp³-hybridized carbons (Fsp3) is 0.667. The van der Waals surface area contributed by atoms with Crippen LogP contribution in [-0.2, 0) is 0 Å². The Labute approximate surface area is 132 Å². The summed E-state index contributed by atoms with van der Waals surface area (Å²) in [5, 5.41) is 0.575. The van der Waals surface area contributed by atoms with Crippen LogP contribution >= 0.6 is 11.6 Å². The van der Waals surface area contributed by atoms with Gasteiger partial charge in [-0.25, -0.2) is 4.98 Å². The lowest BCUT2D eigenvalue weighted by Crippen LogP contribution is -2.54. The van der Waals surface area contributed by atoms with Crippen molar-refractivity contribution in [3.63, 3.8) is 0 Å². The zero-order valence-corrected chi connectivity index (χ0v) is 13.7. The van der Waals surface area contributed by atoms with Crippen LogP contribution in [0, 0.1) is 0 Å². The molecule has 1 aliphatic rings. The first-order valence-corrected chi connectivity index (χ1v) is 7.96. The Hall–Kier alpha value is -0.880. The molecule has 1 aromatic heterocycles. The maximum absolute atomic E-state index is 6.08. The van der Waals surface area contributed by atoms with E-state index < -0.39 is 0 Å². The predicted octanol–water partition coefficient (Wildman–Crippen LogP) is 2.48. The highest BCUT2D eigenvalue weighted by molar-refractivity contribution is 6.30. The molecule has 0 aliphatic carbocycles. The monoisotopic (exact) mass is 311 g/mol. The first-order chi connectivity index (χ1) is 9.96. The van der Waals surface area contributed by atoms with Gasteiger partial charge < -0.3 is 5.73 Å². The number of nitrogen functional groups attached to an aromatic ring is 1. The third-order valence-corrected chi connectivity index (χ3v) is 4.73. The van der Waals surface area contributed by atoms with Crippen molar-refractivity contribution < 1.29 is 0 Å². The summed E-state index contributed by atoms with van der Waals surface area (Å²) in [6.45, 7) is 6.56. The lowest BCUT2D eigenvalue weighted by Gasteiger charge is -2.44. The van der Waals surface area contributed by atoms with Crippen molar-refractivity contribution in [2.75, 3.05) is 18.8 Å². The van der Waals surface area contributed by atoms with E-state index in [1.165, 1.54) is 25.7 Å². The molecule has 1 aromatic rings. The van der Waals surface area contributed by atoms with Gasteiger partial charge in [0.2, 0.25) is 0 Å². The van der Waals surface area contributed by atoms with E-state index in [0.29, 0.717) is 10.8 Å². The highest BCUT2D eigenvalue weighted by Gasteiger charge is 2.37. The van der Waals surface area contributed by atoms with E-state index in [2.05, 4.69) is 29.2 Å². The van der Waals surface area contributed by atoms with Crippen molar-refractivity contribution in [3.05, 3.63) is 22.8 Å². The molecule has 1 fully saturated rings. The molecule has 0 amide bonds. The van der Waals surface area contributed by atoms with E-state index in [1.807, 2.05) is 6.07 Å². The Morgan fingerprint density at radius 2 is 1.90 bits per heavy atom. The molecular formula is C15H26ClN5. The van der Waals surface area contributed by atoms with Gasteiger partial charge in [-0.05, 0) is 45.8 Å². The van der Waals surface area contributed by atoms with Gasteiger partial charge in [-0.3, -0.25) is 16.2 Å². The van der Waals surface area contributed by atoms with Crippen LogP contribution in [0.25, 0.3) is 0 Å². The van der Waals surface area contributed by atoms with Crippen LogP contribution in [-0.4, -0.2) is 28.5 Å². The molecule has 0 spiro atoms. The van der Waals surface area contributed by atoms with Crippen molar-refractivity contribution in [2.24, 2.45) is 5.84 Å². The molecule has 1 atom stereocenters. The fourth-order valence-electron chi connectivity index (χ4n) is 3.20. The van der Waals surface area contributed by atoms with Crippen molar-refractivity contribution in [2.45, 2.75) is 51.1 Å². The number of hydrazine groups is 1. The van der Waals surface area contributed by atoms with Crippen LogP contribution in [0.2, 0.25) is 5.02 Å². The van der Waals surface area contributed by atoms with Crippen LogP contribution in [0.15, 0.2) is 12.3 Å². The van der Waals surface area contributed by atoms with E-state index in [1.54, 1.807) is 6.20 Å². The van der Waals surface area contributed by atoms with E-state index in [0.717, 1.165) is 18.7 Å². The lowest BCUT2D eigenvalue weighted by molar-refractivity contribution is 0.0836. The summed E-state index contributed by atoms with van der Waals surface area (Å²) in [4.78, 5) is 6.65. The van der Waals surface area contributed by atoms with Crippen LogP contribution in [0.5, 0.6) is 0 Å². The number of rotatable bonds is 4. The Kier molecular flexibility index (Phi) is 5.43. The number of nitrogens with two attached hydrogens (primary N) is 2. The minimum absolute atomic E-state index is 0.123. The third kappa shape index (κ3) is 3.66. The number of aromatic nitrogens is 1. The molecule has 21 heavy (non-hydrogen) atoms. The van der Waals surface area contributed by atoms with Gasteiger partial charge in [-0.1, -0.05) is 24.4 Å². The topological polar surface area (TPSA) is 80.2 Å². The van der Waals surface area contributed by atoms with Crippen molar-refractivity contribution in [1.82, 2.24) is 15.3 Å². The fourth-order valence-corrected chi connectivity index (χ4v) is 3.37. The molecule has 1 saturated heterocycles. The number of likely N-dealkylation sites (tertiary alicyclic amines) is 1. The molecule has 2 heterocycles. The minimum Gasteiger partial charge on any atom is -0.383 e. The summed E-state index contributed by atoms with van der Waals surface area (Å²) < 4.78 is 0. The average Bonchev–Trinajstić information content (AvgIpc) is 2.72. The normalized spacial score (nSPS) is 19.2. The van der Waals surface area contributed by atoms with Gasteiger partial charge in [0.25, 0.3) is 0 Å². The number of pyridine rings is 1. The molecule has 5 N–H and O–H groups in total. The van der Waals surface area contributed by atoms with Gasteiger partial charge in [0.15, 0.2) is 0 Å². The molecule has 1 unspecified atom stereocenters. The third-order valence-electron chi connectivity index (χ3n) is 4.52. The summed E-state index contributed by atoms with van der Waals surface area (Å²) in [5.74, 6) is 6.33. The van der Waals surface area contributed by atoms with Crippen LogP contribution < -0.4 is 17.0 Å². The molecular weight excluding hydrogens is 286 g/mol. The van der Waals surface area contributed by atoms with E-state index in [4.69, 9.17) is 23.2 Å². The SMILES string of the molecule is CC(C)(C(NN)c1cc(Cl)cnc1N)N1CCCCCC1. The van der Waals surface area contributed by atoms with Gasteiger partial charge in [0, 0.05) is 17.3 Å². The van der Waals surface area contributed by atoms with Crippen molar-refractivity contribution in [1.29, 1.82) is 0 Å². The van der Waals surface area contributed by atoms with Crippen molar-refractivity contribution in [3.8, 4) is 0 Å². The second-order valence-electron chi connectivity index (χ2n) is 6.28. The molecule has 0 aromatic carbocycles. The highest BCUT2D eigenvalue weighted by atomic mass is 35.5. The van der Waals surface area contributed by atoms with Gasteiger partial charge >= 0.3 is 0 Å². The number of anilines is 1. The minimum atomic E-state index is -0.167. The molecule has 118 valence electrons. The maximum atomic E-state index is 6.08. The quantitative estimate of drug-likeness (QED) is 0.588. The molecule has 0 saturated carbocycles. The van der Waals surface area contributed by atoms with Crippen LogP contribution in [0.1, 0.15) is 51.1 Å². The summed E-state index contributed by atoms with van der Waals surface area (Å²) in [7, 11) is 0. The number of hydrogen-bond donors (Lipinski definition) is 3. The van der Waals surface area contributed by atoms with Gasteiger partial charge in [-0.15, -0.1) is 0 Å². The molecule has 5 nitrogen and oxygen atoms in total. The Morgan fingerprint density at radius 1 is 1.29 bits per heavy atom. The number of halogens is 1. The Bertz CT molecular complexity index is 469. The van der Waals surface area contributed by atoms with Crippen LogP contribution in [0.4, 0.5) is 5.82 Å². The van der Waals surface area contributed by atoms with E-state index in [-0.39, 0.29) is 11.6 Å². The summed E-state index contributed by atoms with van der Waals surface area (Å²) >= 11 is 6.08. The smallest absolute Gasteiger partial charge is 0.128 e. The summed E-state index contributed by atoms with van der Waals surface area (Å²) in [6, 6.07) is 1.73. The summed E-state index contributed by atoms with van der Waals surface area (Å²) in [5.41, 5.74) is 9.66. The molecule has 1 aliphatic heterocycles. The zero-order chi connectivity index (χ0) is 15.5. The number of nitrogens with one attached hydrogen (secondary N) is 1. The Balaban J connectivity index is 2.31. The van der Waals surface area contributed by atoms with Gasteiger partial charge in [0.1, 0.15) is 5.82 Å². The Morgan fingerprint density at radius 3 is 2.48 bits per heavy atom. The largest absolute Gasteiger partial charge is 0.383 e. The van der Waals surface area contributed by atoms with Gasteiger partial charge in [0.05, 0.1) is 11.1 Å². The molecule has 0 bridgehead atoms. The lowest BCUT2D eigenvalue weighted by atomic mass is 9.87. The van der Waals surface area contributed by atoms with Crippen molar-refractivity contribution >= 4 is 17.4 Å². The standard InChI is InChI=1S/C15H26ClN5/c1-15(2,21-7-5-3-4-6-8-21)13(20-18)12-9-11(16)10-19-14(12)17/h9-10,13,20H,3-8,18H2,1-2H3,(H2,17,19). The molecule has 0 radical (unpaired) electrons. The molecule has 6 heteroatoms. The number of hydrogen-bond acceptors (Lipinski definition) is 5. The zero-order valence-electron chi connectivity index (χ0n) is 12.9. The maximum Gasteiger partial charge on any atom is 0.128 e. The predicted molar refractivity (Wildman–Crippen MR) is 87.8 cm³/mol. The second kappa shape index (κ2) is 6.92. The molecule has 2 rings (SSSR count). The number of nitrogens with zero attached hydrogens (tertiary/aromatic N) is 2. The average molecular weight is 312 g/mol. The van der Waals surface area contributed by atoms with Crippen LogP contribution in [0.3, 0.4) is 0 Å². The first-order valence-electron chi connectivity index (χ1n) is 7.59. The first kappa shape index (κ1) is 16.5. The summed E-state index contributed by atoms with van der Waals surface area (Å²) in [6.07, 6.45) is 6.61. The van der Waals surface area contributed by atoms with E-state index >= 15 is 0 Å². The van der Waals surface area contributed by atoms with Gasteiger partial charge in [-0.2, -0.15) is 0 Å². The van der Waals surface area contributed by atoms with E-state index in [9.17, 15) is 0 Å².